The molecule has 13 heteroatoms. The average Bonchev–Trinajstić information content (AvgIpc) is 4.00. The number of morpholine rings is 1. The second-order valence-electron chi connectivity index (χ2n) is 14.3. The molecule has 0 bridgehead atoms. The number of anilines is 2. The summed E-state index contributed by atoms with van der Waals surface area (Å²) in [5.74, 6) is 0.729. The van der Waals surface area contributed by atoms with Crippen LogP contribution in [0.4, 0.5) is 25.1 Å². The Kier molecular flexibility index (Phi) is 9.98. The molecular formula is C40H43F2N7O4. The Bertz CT molecular complexity index is 1980. The van der Waals surface area contributed by atoms with Crippen molar-refractivity contribution >= 4 is 28.4 Å². The van der Waals surface area contributed by atoms with Crippen LogP contribution in [0.2, 0.25) is 0 Å². The fourth-order valence-electron chi connectivity index (χ4n) is 7.92. The normalized spacial score (nSPS) is 19.9. The lowest BCUT2D eigenvalue weighted by Gasteiger charge is -2.42. The van der Waals surface area contributed by atoms with Crippen LogP contribution in [-0.4, -0.2) is 96.5 Å². The van der Waals surface area contributed by atoms with Gasteiger partial charge in [0.25, 0.3) is 6.43 Å². The number of ether oxygens (including phenoxy) is 3. The molecule has 1 saturated carbocycles. The third-order valence-corrected chi connectivity index (χ3v) is 11.0. The lowest BCUT2D eigenvalue weighted by molar-refractivity contribution is -0.00339. The van der Waals surface area contributed by atoms with E-state index in [-0.39, 0.29) is 30.1 Å². The van der Waals surface area contributed by atoms with Crippen molar-refractivity contribution in [1.82, 2.24) is 19.8 Å². The van der Waals surface area contributed by atoms with Crippen LogP contribution in [0.1, 0.15) is 48.1 Å². The molecule has 53 heavy (non-hydrogen) atoms. The number of benzene rings is 3. The first-order valence-electron chi connectivity index (χ1n) is 18.4. The third kappa shape index (κ3) is 7.43. The maximum absolute atomic E-state index is 14.1. The van der Waals surface area contributed by atoms with Gasteiger partial charge >= 0.3 is 12.1 Å². The molecule has 276 valence electrons. The van der Waals surface area contributed by atoms with Crippen molar-refractivity contribution < 1.29 is 27.8 Å². The highest BCUT2D eigenvalue weighted by atomic mass is 19.3. The number of fused-ring (bicyclic) bond motifs is 2. The van der Waals surface area contributed by atoms with Gasteiger partial charge in [-0.15, -0.1) is 0 Å². The molecule has 4 aliphatic rings. The van der Waals surface area contributed by atoms with Crippen LogP contribution in [0.15, 0.2) is 66.7 Å². The maximum Gasteiger partial charge on any atom is 0.410 e. The van der Waals surface area contributed by atoms with Crippen molar-refractivity contribution in [3.05, 3.63) is 89.1 Å². The van der Waals surface area contributed by atoms with Crippen molar-refractivity contribution in [2.24, 2.45) is 0 Å². The summed E-state index contributed by atoms with van der Waals surface area (Å²) in [4.78, 5) is 31.6. The first-order valence-corrected chi connectivity index (χ1v) is 18.4. The molecule has 0 spiro atoms. The average molecular weight is 724 g/mol. The van der Waals surface area contributed by atoms with E-state index in [2.05, 4.69) is 20.8 Å². The number of hydrogen-bond acceptors (Lipinski definition) is 10. The van der Waals surface area contributed by atoms with E-state index in [4.69, 9.17) is 24.2 Å². The van der Waals surface area contributed by atoms with Crippen LogP contribution in [0.3, 0.4) is 0 Å². The largest absolute Gasteiger partial charge is 0.461 e. The van der Waals surface area contributed by atoms with Gasteiger partial charge in [0.05, 0.1) is 49.5 Å². The molecule has 2 saturated heterocycles. The van der Waals surface area contributed by atoms with Crippen molar-refractivity contribution in [1.29, 1.82) is 5.26 Å². The van der Waals surface area contributed by atoms with E-state index in [9.17, 15) is 18.8 Å². The minimum atomic E-state index is -2.60. The van der Waals surface area contributed by atoms with Gasteiger partial charge in [-0.3, -0.25) is 4.90 Å². The Morgan fingerprint density at radius 1 is 0.981 bits per heavy atom. The number of aromatic nitrogens is 2. The van der Waals surface area contributed by atoms with Crippen LogP contribution in [0.5, 0.6) is 6.01 Å². The number of alkyl halides is 2. The fourth-order valence-corrected chi connectivity index (χ4v) is 7.92. The summed E-state index contributed by atoms with van der Waals surface area (Å²) >= 11 is 0. The number of rotatable bonds is 10. The highest BCUT2D eigenvalue weighted by Crippen LogP contribution is 2.43. The zero-order valence-electron chi connectivity index (χ0n) is 29.6. The molecule has 3 fully saturated rings. The predicted molar refractivity (Wildman–Crippen MR) is 195 cm³/mol. The van der Waals surface area contributed by atoms with Crippen molar-refractivity contribution in [2.45, 2.75) is 56.8 Å². The molecule has 1 atom stereocenters. The Morgan fingerprint density at radius 3 is 2.55 bits per heavy atom. The van der Waals surface area contributed by atoms with E-state index in [1.807, 2.05) is 54.6 Å². The first kappa shape index (κ1) is 35.0. The van der Waals surface area contributed by atoms with E-state index in [0.29, 0.717) is 59.0 Å². The van der Waals surface area contributed by atoms with Crippen LogP contribution >= 0.6 is 0 Å². The first-order chi connectivity index (χ1) is 25.9. The van der Waals surface area contributed by atoms with Gasteiger partial charge in [-0.25, -0.2) is 13.6 Å². The topological polar surface area (TPSA) is 107 Å². The van der Waals surface area contributed by atoms with Crippen LogP contribution in [0, 0.1) is 11.3 Å². The highest BCUT2D eigenvalue weighted by Gasteiger charge is 2.49. The third-order valence-electron chi connectivity index (χ3n) is 11.0. The minimum absolute atomic E-state index is 0.0153. The molecule has 0 unspecified atom stereocenters. The SMILES string of the molecule is N#CC[C@H]1CN(c2nc(OCC3(N4CCOCC4)CC3)nc3c2CCN(c2cc(C(F)F)cc4ccccc24)C3)CCN1C(=O)OCc1ccccc1. The molecule has 8 rings (SSSR count). The molecule has 4 aromatic rings. The Morgan fingerprint density at radius 2 is 1.77 bits per heavy atom. The van der Waals surface area contributed by atoms with Crippen LogP contribution in [0.25, 0.3) is 10.8 Å². The number of carbonyl (C=O) groups is 1. The smallest absolute Gasteiger partial charge is 0.410 e. The van der Waals surface area contributed by atoms with E-state index in [1.54, 1.807) is 17.0 Å². The number of nitriles is 1. The molecule has 1 amide bonds. The summed E-state index contributed by atoms with van der Waals surface area (Å²) in [6.07, 6.45) is -0.264. The molecule has 11 nitrogen and oxygen atoms in total. The van der Waals surface area contributed by atoms with Crippen molar-refractivity contribution in [3.63, 3.8) is 0 Å². The summed E-state index contributed by atoms with van der Waals surface area (Å²) in [7, 11) is 0. The summed E-state index contributed by atoms with van der Waals surface area (Å²) in [6, 6.07) is 22.4. The standard InChI is InChI=1S/C40H43F2N7O4/c41-36(42)30-22-29-8-4-5-9-32(29)35(23-30)46-15-11-33-34(25-46)44-38(53-27-40(12-13-40)48-18-20-51-21-19-48)45-37(33)47-16-17-49(31(24-47)10-14-43)39(50)52-26-28-6-2-1-3-7-28/h1-9,22-23,31,36H,10-13,15-21,24-27H2/t31-/m0/s1. The number of hydrogen-bond donors (Lipinski definition) is 0. The molecular weight excluding hydrogens is 680 g/mol. The van der Waals surface area contributed by atoms with E-state index in [0.717, 1.165) is 65.0 Å². The molecule has 1 aliphatic carbocycles. The summed E-state index contributed by atoms with van der Waals surface area (Å²) in [5.41, 5.74) is 3.30. The predicted octanol–water partition coefficient (Wildman–Crippen LogP) is 6.11. The maximum atomic E-state index is 14.1. The Labute approximate surface area is 307 Å². The Balaban J connectivity index is 1.08. The summed E-state index contributed by atoms with van der Waals surface area (Å²) in [6.45, 7) is 5.92. The highest BCUT2D eigenvalue weighted by molar-refractivity contribution is 5.95. The molecule has 0 N–H and O–H groups in total. The van der Waals surface area contributed by atoms with Gasteiger partial charge in [-0.1, -0.05) is 54.6 Å². The van der Waals surface area contributed by atoms with E-state index in [1.165, 1.54) is 0 Å². The lowest BCUT2D eigenvalue weighted by Crippen LogP contribution is -2.55. The van der Waals surface area contributed by atoms with Gasteiger partial charge in [0.1, 0.15) is 19.0 Å². The van der Waals surface area contributed by atoms with Gasteiger partial charge in [-0.2, -0.15) is 15.2 Å². The van der Waals surface area contributed by atoms with E-state index < -0.39 is 18.6 Å². The number of piperazine rings is 1. The number of nitrogens with zero attached hydrogens (tertiary/aromatic N) is 7. The molecule has 1 aromatic heterocycles. The van der Waals surface area contributed by atoms with Gasteiger partial charge in [-0.05, 0) is 42.3 Å². The summed E-state index contributed by atoms with van der Waals surface area (Å²) in [5, 5.41) is 11.5. The summed E-state index contributed by atoms with van der Waals surface area (Å²) < 4.78 is 45.9. The molecule has 0 radical (unpaired) electrons. The van der Waals surface area contributed by atoms with Crippen LogP contribution in [-0.2, 0) is 29.0 Å². The zero-order valence-corrected chi connectivity index (χ0v) is 29.6. The lowest BCUT2D eigenvalue weighted by atomic mass is 10.00. The van der Waals surface area contributed by atoms with Crippen LogP contribution < -0.4 is 14.5 Å². The quantitative estimate of drug-likeness (QED) is 0.190. The van der Waals surface area contributed by atoms with Gasteiger partial charge in [0.2, 0.25) is 0 Å². The number of carbonyl (C=O) groups excluding carboxylic acids is 1. The van der Waals surface area contributed by atoms with Gasteiger partial charge in [0.15, 0.2) is 0 Å². The number of halogens is 2. The van der Waals surface area contributed by atoms with Crippen molar-refractivity contribution in [3.8, 4) is 12.1 Å². The molecule has 3 aliphatic heterocycles. The van der Waals surface area contributed by atoms with Crippen molar-refractivity contribution in [2.75, 3.05) is 68.9 Å². The van der Waals surface area contributed by atoms with Gasteiger partial charge in [0, 0.05) is 61.5 Å². The zero-order chi connectivity index (χ0) is 36.4. The molecule has 3 aromatic carbocycles. The fraction of sp³-hybridized carbons (Fsp3) is 0.450. The Hall–Kier alpha value is -5.06. The van der Waals surface area contributed by atoms with Gasteiger partial charge < -0.3 is 28.9 Å². The molecule has 4 heterocycles. The van der Waals surface area contributed by atoms with E-state index >= 15 is 0 Å². The minimum Gasteiger partial charge on any atom is -0.461 e. The second kappa shape index (κ2) is 15.1. The number of amides is 1. The monoisotopic (exact) mass is 723 g/mol. The second-order valence-corrected chi connectivity index (χ2v) is 14.3.